The van der Waals surface area contributed by atoms with Crippen LogP contribution in [-0.2, 0) is 11.3 Å². The standard InChI is InChI=1S/C19H19FN4O2S2/c1-24(11-13-4-3-5-16(10-13)26-2)17(25)12-27-19-23-22-18(28-19)21-15-8-6-14(20)7-9-15/h3-10H,11-12H2,1-2H3,(H,21,22). The van der Waals surface area contributed by atoms with Crippen molar-refractivity contribution in [1.29, 1.82) is 0 Å². The molecule has 1 heterocycles. The van der Waals surface area contributed by atoms with Gasteiger partial charge in [0.25, 0.3) is 0 Å². The van der Waals surface area contributed by atoms with Crippen LogP contribution >= 0.6 is 23.1 Å². The lowest BCUT2D eigenvalue weighted by atomic mass is 10.2. The average Bonchev–Trinajstić information content (AvgIpc) is 3.15. The Bertz CT molecular complexity index is 934. The molecule has 0 atom stereocenters. The van der Waals surface area contributed by atoms with E-state index in [-0.39, 0.29) is 17.5 Å². The topological polar surface area (TPSA) is 67.3 Å². The smallest absolute Gasteiger partial charge is 0.233 e. The van der Waals surface area contributed by atoms with E-state index < -0.39 is 0 Å². The number of carbonyl (C=O) groups is 1. The van der Waals surface area contributed by atoms with Gasteiger partial charge in [0.1, 0.15) is 11.6 Å². The molecule has 0 fully saturated rings. The Morgan fingerprint density at radius 2 is 2.04 bits per heavy atom. The Hall–Kier alpha value is -2.65. The molecule has 3 rings (SSSR count). The third-order valence-corrected chi connectivity index (χ3v) is 5.76. The minimum atomic E-state index is -0.296. The number of halogens is 1. The van der Waals surface area contributed by atoms with E-state index in [1.165, 1.54) is 35.2 Å². The van der Waals surface area contributed by atoms with Crippen LogP contribution in [0.2, 0.25) is 0 Å². The third-order valence-electron chi connectivity index (χ3n) is 3.80. The first-order chi connectivity index (χ1) is 13.5. The molecule has 2 aromatic carbocycles. The van der Waals surface area contributed by atoms with Gasteiger partial charge >= 0.3 is 0 Å². The number of benzene rings is 2. The molecule has 0 spiro atoms. The monoisotopic (exact) mass is 418 g/mol. The van der Waals surface area contributed by atoms with E-state index in [1.807, 2.05) is 24.3 Å². The van der Waals surface area contributed by atoms with Gasteiger partial charge in [0.05, 0.1) is 12.9 Å². The number of rotatable bonds is 8. The van der Waals surface area contributed by atoms with Crippen molar-refractivity contribution in [1.82, 2.24) is 15.1 Å². The Balaban J connectivity index is 1.50. The Morgan fingerprint density at radius 1 is 1.25 bits per heavy atom. The van der Waals surface area contributed by atoms with E-state index in [0.29, 0.717) is 16.0 Å². The van der Waals surface area contributed by atoms with E-state index in [1.54, 1.807) is 31.2 Å². The van der Waals surface area contributed by atoms with Crippen molar-refractivity contribution < 1.29 is 13.9 Å². The number of amides is 1. The first-order valence-electron chi connectivity index (χ1n) is 8.39. The van der Waals surface area contributed by atoms with Crippen LogP contribution in [0.25, 0.3) is 0 Å². The Labute approximate surface area is 170 Å². The largest absolute Gasteiger partial charge is 0.497 e. The lowest BCUT2D eigenvalue weighted by Crippen LogP contribution is -2.27. The summed E-state index contributed by atoms with van der Waals surface area (Å²) >= 11 is 2.68. The Kier molecular flexibility index (Phi) is 6.83. The summed E-state index contributed by atoms with van der Waals surface area (Å²) in [5.74, 6) is 0.737. The molecule has 0 aliphatic carbocycles. The highest BCUT2D eigenvalue weighted by Gasteiger charge is 2.13. The molecule has 0 aliphatic rings. The molecule has 1 aromatic heterocycles. The Morgan fingerprint density at radius 3 is 2.79 bits per heavy atom. The van der Waals surface area contributed by atoms with Crippen LogP contribution in [0, 0.1) is 5.82 Å². The van der Waals surface area contributed by atoms with Gasteiger partial charge in [0.2, 0.25) is 11.0 Å². The van der Waals surface area contributed by atoms with Gasteiger partial charge in [-0.15, -0.1) is 10.2 Å². The van der Waals surface area contributed by atoms with Gasteiger partial charge in [0.15, 0.2) is 4.34 Å². The summed E-state index contributed by atoms with van der Waals surface area (Å²) in [7, 11) is 3.38. The fraction of sp³-hybridized carbons (Fsp3) is 0.211. The van der Waals surface area contributed by atoms with Crippen LogP contribution in [0.5, 0.6) is 5.75 Å². The first kappa shape index (κ1) is 20.1. The number of ether oxygens (including phenoxy) is 1. The summed E-state index contributed by atoms with van der Waals surface area (Å²) in [5.41, 5.74) is 1.73. The number of nitrogens with one attached hydrogen (secondary N) is 1. The summed E-state index contributed by atoms with van der Waals surface area (Å²) < 4.78 is 18.8. The zero-order chi connectivity index (χ0) is 19.9. The number of methoxy groups -OCH3 is 1. The van der Waals surface area contributed by atoms with Gasteiger partial charge < -0.3 is 15.0 Å². The number of hydrogen-bond donors (Lipinski definition) is 1. The van der Waals surface area contributed by atoms with Crippen molar-refractivity contribution in [2.45, 2.75) is 10.9 Å². The zero-order valence-electron chi connectivity index (χ0n) is 15.4. The normalized spacial score (nSPS) is 10.5. The average molecular weight is 419 g/mol. The fourth-order valence-electron chi connectivity index (χ4n) is 2.34. The molecule has 0 saturated carbocycles. The summed E-state index contributed by atoms with van der Waals surface area (Å²) in [6.07, 6.45) is 0. The predicted octanol–water partition coefficient (Wildman–Crippen LogP) is 4.18. The molecular weight excluding hydrogens is 399 g/mol. The second-order valence-corrected chi connectivity index (χ2v) is 8.10. The molecule has 146 valence electrons. The zero-order valence-corrected chi connectivity index (χ0v) is 17.0. The third kappa shape index (κ3) is 5.67. The van der Waals surface area contributed by atoms with Crippen LogP contribution in [0.4, 0.5) is 15.2 Å². The number of anilines is 2. The molecule has 6 nitrogen and oxygen atoms in total. The van der Waals surface area contributed by atoms with Crippen molar-refractivity contribution in [3.05, 3.63) is 59.9 Å². The molecule has 0 saturated heterocycles. The van der Waals surface area contributed by atoms with Crippen molar-refractivity contribution in [3.8, 4) is 5.75 Å². The second kappa shape index (κ2) is 9.52. The maximum Gasteiger partial charge on any atom is 0.233 e. The maximum atomic E-state index is 12.9. The number of carbonyl (C=O) groups excluding carboxylic acids is 1. The van der Waals surface area contributed by atoms with Gasteiger partial charge in [-0.3, -0.25) is 4.79 Å². The van der Waals surface area contributed by atoms with E-state index in [4.69, 9.17) is 4.74 Å². The van der Waals surface area contributed by atoms with Crippen LogP contribution in [-0.4, -0.2) is 40.9 Å². The molecule has 1 N–H and O–H groups in total. The van der Waals surface area contributed by atoms with E-state index in [2.05, 4.69) is 15.5 Å². The van der Waals surface area contributed by atoms with Gasteiger partial charge in [-0.1, -0.05) is 35.2 Å². The molecule has 1 amide bonds. The first-order valence-corrected chi connectivity index (χ1v) is 10.2. The van der Waals surface area contributed by atoms with Gasteiger partial charge in [-0.2, -0.15) is 0 Å². The minimum Gasteiger partial charge on any atom is -0.497 e. The minimum absolute atomic E-state index is 0.00364. The summed E-state index contributed by atoms with van der Waals surface area (Å²) in [5, 5.41) is 11.8. The lowest BCUT2D eigenvalue weighted by molar-refractivity contribution is -0.127. The van der Waals surface area contributed by atoms with Crippen LogP contribution in [0.15, 0.2) is 52.9 Å². The van der Waals surface area contributed by atoms with Crippen molar-refractivity contribution >= 4 is 39.8 Å². The molecule has 0 bridgehead atoms. The second-order valence-electron chi connectivity index (χ2n) is 5.90. The summed E-state index contributed by atoms with van der Waals surface area (Å²) in [4.78, 5) is 14.1. The van der Waals surface area contributed by atoms with Crippen LogP contribution in [0.1, 0.15) is 5.56 Å². The lowest BCUT2D eigenvalue weighted by Gasteiger charge is -2.17. The molecule has 0 aliphatic heterocycles. The maximum absolute atomic E-state index is 12.9. The number of thioether (sulfide) groups is 1. The highest BCUT2D eigenvalue weighted by atomic mass is 32.2. The predicted molar refractivity (Wildman–Crippen MR) is 110 cm³/mol. The van der Waals surface area contributed by atoms with E-state index >= 15 is 0 Å². The van der Waals surface area contributed by atoms with Crippen molar-refractivity contribution in [2.24, 2.45) is 0 Å². The summed E-state index contributed by atoms with van der Waals surface area (Å²) in [6.45, 7) is 0.504. The molecule has 0 radical (unpaired) electrons. The highest BCUT2D eigenvalue weighted by molar-refractivity contribution is 8.01. The molecule has 28 heavy (non-hydrogen) atoms. The summed E-state index contributed by atoms with van der Waals surface area (Å²) in [6, 6.07) is 13.6. The van der Waals surface area contributed by atoms with Crippen molar-refractivity contribution in [2.75, 3.05) is 25.2 Å². The van der Waals surface area contributed by atoms with Gasteiger partial charge in [-0.05, 0) is 42.0 Å². The number of aromatic nitrogens is 2. The molecular formula is C19H19FN4O2S2. The van der Waals surface area contributed by atoms with Crippen LogP contribution < -0.4 is 10.1 Å². The highest BCUT2D eigenvalue weighted by Crippen LogP contribution is 2.28. The quantitative estimate of drug-likeness (QED) is 0.554. The number of nitrogens with zero attached hydrogens (tertiary/aromatic N) is 3. The van der Waals surface area contributed by atoms with Gasteiger partial charge in [0, 0.05) is 19.3 Å². The SMILES string of the molecule is COc1cccc(CN(C)C(=O)CSc2nnc(Nc3ccc(F)cc3)s2)c1. The molecule has 3 aromatic rings. The molecule has 0 unspecified atom stereocenters. The van der Waals surface area contributed by atoms with E-state index in [0.717, 1.165) is 17.0 Å². The molecule has 9 heteroatoms. The fourth-order valence-corrected chi connectivity index (χ4v) is 4.05. The van der Waals surface area contributed by atoms with Crippen LogP contribution in [0.3, 0.4) is 0 Å². The van der Waals surface area contributed by atoms with Crippen molar-refractivity contribution in [3.63, 3.8) is 0 Å². The number of hydrogen-bond acceptors (Lipinski definition) is 7. The van der Waals surface area contributed by atoms with E-state index in [9.17, 15) is 9.18 Å². The van der Waals surface area contributed by atoms with Gasteiger partial charge in [-0.25, -0.2) is 4.39 Å².